The number of hydrogen-bond acceptors (Lipinski definition) is 6. The van der Waals surface area contributed by atoms with Crippen molar-refractivity contribution < 1.29 is 22.3 Å². The largest absolute Gasteiger partial charge is 0.772 e. The van der Waals surface area contributed by atoms with Crippen molar-refractivity contribution in [2.75, 3.05) is 0 Å². The molecule has 7 nitrogen and oxygen atoms in total. The summed E-state index contributed by atoms with van der Waals surface area (Å²) in [5.74, 6) is -0.489. The number of halogens is 2. The second-order valence-electron chi connectivity index (χ2n) is 5.38. The first-order chi connectivity index (χ1) is 12.4. The average molecular weight is 377 g/mol. The maximum absolute atomic E-state index is 12.7. The Hall–Kier alpha value is -2.90. The van der Waals surface area contributed by atoms with E-state index in [2.05, 4.69) is 19.9 Å². The van der Waals surface area contributed by atoms with Gasteiger partial charge in [0.05, 0.1) is 17.1 Å². The van der Waals surface area contributed by atoms with Crippen molar-refractivity contribution in [3.8, 4) is 23.1 Å². The predicted octanol–water partition coefficient (Wildman–Crippen LogP) is 2.79. The van der Waals surface area contributed by atoms with Crippen LogP contribution >= 0.6 is 0 Å². The van der Waals surface area contributed by atoms with E-state index in [1.165, 1.54) is 6.20 Å². The van der Waals surface area contributed by atoms with Gasteiger partial charge in [0, 0.05) is 11.3 Å². The molecule has 0 aliphatic rings. The topological polar surface area (TPSA) is 115 Å². The zero-order valence-corrected chi connectivity index (χ0v) is 14.1. The van der Waals surface area contributed by atoms with Crippen molar-refractivity contribution >= 4 is 22.0 Å². The fraction of sp³-hybridized carbons (Fsp3) is 0.188. The number of aryl methyl sites for hydroxylation is 1. The lowest BCUT2D eigenvalue weighted by molar-refractivity contribution is -0.0518. The smallest absolute Gasteiger partial charge is 0.388 e. The van der Waals surface area contributed by atoms with Crippen molar-refractivity contribution in [2.45, 2.75) is 19.3 Å². The molecule has 2 heterocycles. The summed E-state index contributed by atoms with van der Waals surface area (Å²) in [7, 11) is 0. The van der Waals surface area contributed by atoms with Crippen LogP contribution in [-0.4, -0.2) is 30.6 Å². The van der Waals surface area contributed by atoms with Crippen LogP contribution < -0.4 is 4.74 Å². The van der Waals surface area contributed by atoms with E-state index in [0.717, 1.165) is 0 Å². The molecule has 0 bridgehead atoms. The second kappa shape index (κ2) is 7.15. The number of ether oxygens (including phenoxy) is 1. The van der Waals surface area contributed by atoms with E-state index in [-0.39, 0.29) is 28.3 Å². The first-order valence-corrected chi connectivity index (χ1v) is 8.53. The van der Waals surface area contributed by atoms with Crippen LogP contribution in [0.5, 0.6) is 5.88 Å². The molecule has 26 heavy (non-hydrogen) atoms. The summed E-state index contributed by atoms with van der Waals surface area (Å²) >= 11 is -2.24. The number of fused-ring (bicyclic) bond motifs is 1. The van der Waals surface area contributed by atoms with Gasteiger partial charge in [0.1, 0.15) is 11.8 Å². The van der Waals surface area contributed by atoms with Crippen LogP contribution in [0.3, 0.4) is 0 Å². The molecule has 10 heteroatoms. The van der Waals surface area contributed by atoms with Gasteiger partial charge < -0.3 is 9.29 Å². The molecule has 0 aliphatic carbocycles. The number of benzene rings is 1. The van der Waals surface area contributed by atoms with Gasteiger partial charge in [-0.05, 0) is 23.6 Å². The Morgan fingerprint density at radius 2 is 2.23 bits per heavy atom. The van der Waals surface area contributed by atoms with E-state index in [4.69, 9.17) is 0 Å². The van der Waals surface area contributed by atoms with Crippen molar-refractivity contribution in [2.24, 2.45) is 0 Å². The molecule has 1 aromatic carbocycles. The molecule has 0 fully saturated rings. The molecule has 1 N–H and O–H groups in total. The highest BCUT2D eigenvalue weighted by Crippen LogP contribution is 2.36. The highest BCUT2D eigenvalue weighted by molar-refractivity contribution is 7.78. The maximum atomic E-state index is 12.7. The van der Waals surface area contributed by atoms with Crippen LogP contribution in [0, 0.1) is 18.3 Å². The van der Waals surface area contributed by atoms with E-state index in [1.54, 1.807) is 25.1 Å². The first kappa shape index (κ1) is 17.9. The number of pyridine rings is 1. The van der Waals surface area contributed by atoms with Gasteiger partial charge in [-0.2, -0.15) is 14.0 Å². The number of H-pyrrole nitrogens is 1. The number of aromatic nitrogens is 3. The lowest BCUT2D eigenvalue weighted by Gasteiger charge is -2.12. The third-order valence-corrected chi connectivity index (χ3v) is 4.33. The summed E-state index contributed by atoms with van der Waals surface area (Å²) in [5.41, 5.74) is 2.41. The van der Waals surface area contributed by atoms with Crippen LogP contribution in [-0.2, 0) is 16.8 Å². The van der Waals surface area contributed by atoms with Crippen molar-refractivity contribution in [1.82, 2.24) is 15.2 Å². The Labute approximate surface area is 148 Å². The minimum atomic E-state index is -3.08. The standard InChI is InChI=1S/C16H12F2N4O3S/c1-8-4-9(2-3-10(8)7-26(23)24)13-11(5-19)20-6-12-14(13)15(22-21-12)25-16(17)18/h2-4,6,16H,7H2,1H3,(H,21,22)(H,23,24)/p-1. The molecule has 0 amide bonds. The van der Waals surface area contributed by atoms with Crippen molar-refractivity contribution in [3.63, 3.8) is 0 Å². The number of hydrogen-bond donors (Lipinski definition) is 1. The Bertz CT molecular complexity index is 1050. The summed E-state index contributed by atoms with van der Waals surface area (Å²) in [6.45, 7) is -1.36. The normalized spacial score (nSPS) is 12.3. The summed E-state index contributed by atoms with van der Waals surface area (Å²) in [4.78, 5) is 4.02. The third-order valence-electron chi connectivity index (χ3n) is 3.78. The third kappa shape index (κ3) is 3.40. The van der Waals surface area contributed by atoms with Crippen molar-refractivity contribution in [1.29, 1.82) is 5.26 Å². The first-order valence-electron chi connectivity index (χ1n) is 7.28. The van der Waals surface area contributed by atoms with Gasteiger partial charge >= 0.3 is 6.61 Å². The Kier molecular flexibility index (Phi) is 4.92. The molecule has 3 rings (SSSR count). The maximum Gasteiger partial charge on any atom is 0.388 e. The zero-order valence-electron chi connectivity index (χ0n) is 13.3. The molecule has 0 saturated carbocycles. The van der Waals surface area contributed by atoms with Gasteiger partial charge in [0.25, 0.3) is 0 Å². The van der Waals surface area contributed by atoms with E-state index in [1.807, 2.05) is 6.07 Å². The quantitative estimate of drug-likeness (QED) is 0.684. The van der Waals surface area contributed by atoms with Gasteiger partial charge in [0.2, 0.25) is 5.88 Å². The monoisotopic (exact) mass is 377 g/mol. The number of alkyl halides is 2. The summed E-state index contributed by atoms with van der Waals surface area (Å²) in [6.07, 6.45) is 1.31. The molecule has 0 radical (unpaired) electrons. The molecule has 2 aromatic heterocycles. The molecule has 134 valence electrons. The van der Waals surface area contributed by atoms with Gasteiger partial charge in [-0.1, -0.05) is 29.3 Å². The van der Waals surface area contributed by atoms with Gasteiger partial charge in [-0.25, -0.2) is 4.98 Å². The number of nitrogens with one attached hydrogen (secondary N) is 1. The highest BCUT2D eigenvalue weighted by Gasteiger charge is 2.20. The molecular formula is C16H11F2N4O3S-. The summed E-state index contributed by atoms with van der Waals surface area (Å²) in [6, 6.07) is 6.80. The predicted molar refractivity (Wildman–Crippen MR) is 88.0 cm³/mol. The van der Waals surface area contributed by atoms with Gasteiger partial charge in [0.15, 0.2) is 0 Å². The minimum Gasteiger partial charge on any atom is -0.772 e. The van der Waals surface area contributed by atoms with Crippen molar-refractivity contribution in [3.05, 3.63) is 41.2 Å². The van der Waals surface area contributed by atoms with Crippen LogP contribution in [0.2, 0.25) is 0 Å². The Morgan fingerprint density at radius 1 is 1.46 bits per heavy atom. The number of nitrogens with zero attached hydrogens (tertiary/aromatic N) is 3. The Balaban J connectivity index is 2.23. The number of rotatable bonds is 5. The van der Waals surface area contributed by atoms with E-state index in [9.17, 15) is 22.8 Å². The van der Waals surface area contributed by atoms with Crippen LogP contribution in [0.15, 0.2) is 24.4 Å². The fourth-order valence-electron chi connectivity index (χ4n) is 2.66. The molecule has 1 unspecified atom stereocenters. The minimum absolute atomic E-state index is 0.0116. The Morgan fingerprint density at radius 3 is 2.85 bits per heavy atom. The van der Waals surface area contributed by atoms with E-state index >= 15 is 0 Å². The zero-order chi connectivity index (χ0) is 18.8. The molecular weight excluding hydrogens is 366 g/mol. The molecule has 0 saturated heterocycles. The highest BCUT2D eigenvalue weighted by atomic mass is 32.2. The van der Waals surface area contributed by atoms with Crippen LogP contribution in [0.25, 0.3) is 22.0 Å². The second-order valence-corrected chi connectivity index (χ2v) is 6.28. The van der Waals surface area contributed by atoms with Gasteiger partial charge in [-0.3, -0.25) is 9.31 Å². The summed E-state index contributed by atoms with van der Waals surface area (Å²) in [5, 5.41) is 15.8. The lowest BCUT2D eigenvalue weighted by Crippen LogP contribution is -2.03. The molecule has 1 atom stereocenters. The van der Waals surface area contributed by atoms with Gasteiger partial charge in [-0.15, -0.1) is 5.10 Å². The summed E-state index contributed by atoms with van der Waals surface area (Å²) < 4.78 is 51.6. The van der Waals surface area contributed by atoms with E-state index in [0.29, 0.717) is 22.2 Å². The van der Waals surface area contributed by atoms with E-state index < -0.39 is 17.7 Å². The molecule has 0 aliphatic heterocycles. The molecule has 3 aromatic rings. The number of aromatic amines is 1. The number of nitriles is 1. The average Bonchev–Trinajstić information content (AvgIpc) is 2.98. The van der Waals surface area contributed by atoms with Crippen LogP contribution in [0.4, 0.5) is 8.78 Å². The molecule has 0 spiro atoms. The SMILES string of the molecule is Cc1cc(-c2c(C#N)ncc3[nH]nc(OC(F)F)c23)ccc1CS(=O)[O-]. The van der Waals surface area contributed by atoms with Crippen LogP contribution in [0.1, 0.15) is 16.8 Å². The fourth-order valence-corrected chi connectivity index (χ4v) is 3.24. The lowest BCUT2D eigenvalue weighted by atomic mass is 9.97.